The number of hydrogen-bond acceptors (Lipinski definition) is 4. The highest BCUT2D eigenvalue weighted by atomic mass is 16.5. The van der Waals surface area contributed by atoms with Crippen molar-refractivity contribution >= 4 is 28.6 Å². The number of primary amides is 1. The van der Waals surface area contributed by atoms with Gasteiger partial charge >= 0.3 is 0 Å². The molecule has 8 nitrogen and oxygen atoms in total. The molecule has 4 rings (SSSR count). The van der Waals surface area contributed by atoms with Gasteiger partial charge in [-0.3, -0.25) is 25.2 Å². The van der Waals surface area contributed by atoms with Gasteiger partial charge in [-0.1, -0.05) is 18.2 Å². The van der Waals surface area contributed by atoms with Crippen LogP contribution in [0.2, 0.25) is 0 Å². The lowest BCUT2D eigenvalue weighted by Gasteiger charge is -2.09. The van der Waals surface area contributed by atoms with Gasteiger partial charge in [-0.2, -0.15) is 0 Å². The van der Waals surface area contributed by atoms with E-state index >= 15 is 0 Å². The zero-order valence-corrected chi connectivity index (χ0v) is 16.9. The van der Waals surface area contributed by atoms with E-state index in [1.54, 1.807) is 54.7 Å². The maximum absolute atomic E-state index is 12.3. The summed E-state index contributed by atoms with van der Waals surface area (Å²) >= 11 is 0. The number of aromatic amines is 1. The van der Waals surface area contributed by atoms with Crippen LogP contribution >= 0.6 is 0 Å². The molecular formula is C24H20N4O4. The Hall–Kier alpha value is -4.59. The van der Waals surface area contributed by atoms with E-state index < -0.39 is 11.8 Å². The van der Waals surface area contributed by atoms with E-state index in [1.807, 2.05) is 24.3 Å². The van der Waals surface area contributed by atoms with Crippen LogP contribution in [0.3, 0.4) is 0 Å². The molecule has 3 amide bonds. The average Bonchev–Trinajstić information content (AvgIpc) is 3.21. The van der Waals surface area contributed by atoms with Gasteiger partial charge in [0, 0.05) is 28.2 Å². The normalized spacial score (nSPS) is 10.5. The highest BCUT2D eigenvalue weighted by molar-refractivity contribution is 5.96. The molecule has 0 atom stereocenters. The second-order valence-electron chi connectivity index (χ2n) is 7.05. The van der Waals surface area contributed by atoms with Gasteiger partial charge in [-0.25, -0.2) is 0 Å². The smallest absolute Gasteiger partial charge is 0.269 e. The Morgan fingerprint density at radius 1 is 0.812 bits per heavy atom. The van der Waals surface area contributed by atoms with Crippen molar-refractivity contribution in [2.24, 2.45) is 5.73 Å². The SMILES string of the molecule is NC(=O)c1ccc(Oc2ccc(C(=O)NNC(=O)Cc3c[nH]c4ccccc34)cc2)cc1. The number of hydrogen-bond donors (Lipinski definition) is 4. The van der Waals surface area contributed by atoms with E-state index in [0.29, 0.717) is 22.6 Å². The number of fused-ring (bicyclic) bond motifs is 1. The Morgan fingerprint density at radius 2 is 1.44 bits per heavy atom. The monoisotopic (exact) mass is 428 g/mol. The molecule has 8 heteroatoms. The molecular weight excluding hydrogens is 408 g/mol. The minimum Gasteiger partial charge on any atom is -0.457 e. The first-order valence-corrected chi connectivity index (χ1v) is 9.81. The number of benzene rings is 3. The summed E-state index contributed by atoms with van der Waals surface area (Å²) in [6.45, 7) is 0. The third kappa shape index (κ3) is 4.76. The number of rotatable bonds is 6. The van der Waals surface area contributed by atoms with Crippen molar-refractivity contribution in [3.05, 3.63) is 95.7 Å². The fourth-order valence-corrected chi connectivity index (χ4v) is 3.19. The fourth-order valence-electron chi connectivity index (χ4n) is 3.19. The number of para-hydroxylation sites is 1. The maximum atomic E-state index is 12.3. The summed E-state index contributed by atoms with van der Waals surface area (Å²) in [6, 6.07) is 20.5. The van der Waals surface area contributed by atoms with Crippen LogP contribution in [-0.2, 0) is 11.2 Å². The van der Waals surface area contributed by atoms with Gasteiger partial charge in [0.05, 0.1) is 6.42 Å². The molecule has 0 saturated carbocycles. The van der Waals surface area contributed by atoms with Crippen molar-refractivity contribution in [3.63, 3.8) is 0 Å². The van der Waals surface area contributed by atoms with Crippen molar-refractivity contribution in [3.8, 4) is 11.5 Å². The number of nitrogens with two attached hydrogens (primary N) is 1. The molecule has 0 aliphatic rings. The fraction of sp³-hybridized carbons (Fsp3) is 0.0417. The van der Waals surface area contributed by atoms with Crippen LogP contribution in [0.15, 0.2) is 79.0 Å². The topological polar surface area (TPSA) is 126 Å². The zero-order chi connectivity index (χ0) is 22.5. The van der Waals surface area contributed by atoms with Crippen molar-refractivity contribution in [1.82, 2.24) is 15.8 Å². The maximum Gasteiger partial charge on any atom is 0.269 e. The summed E-state index contributed by atoms with van der Waals surface area (Å²) in [7, 11) is 0. The van der Waals surface area contributed by atoms with Crippen LogP contribution < -0.4 is 21.3 Å². The molecule has 32 heavy (non-hydrogen) atoms. The summed E-state index contributed by atoms with van der Waals surface area (Å²) in [4.78, 5) is 38.8. The van der Waals surface area contributed by atoms with Crippen LogP contribution in [0, 0.1) is 0 Å². The van der Waals surface area contributed by atoms with Gasteiger partial charge in [-0.05, 0) is 60.2 Å². The van der Waals surface area contributed by atoms with Crippen molar-refractivity contribution < 1.29 is 19.1 Å². The molecule has 0 aliphatic carbocycles. The Bertz CT molecular complexity index is 1280. The molecule has 1 aromatic heterocycles. The first-order chi connectivity index (χ1) is 15.5. The molecule has 5 N–H and O–H groups in total. The molecule has 0 radical (unpaired) electrons. The molecule has 0 bridgehead atoms. The Morgan fingerprint density at radius 3 is 2.09 bits per heavy atom. The largest absolute Gasteiger partial charge is 0.457 e. The number of hydrazine groups is 1. The zero-order valence-electron chi connectivity index (χ0n) is 16.9. The summed E-state index contributed by atoms with van der Waals surface area (Å²) in [5, 5.41) is 0.967. The second-order valence-corrected chi connectivity index (χ2v) is 7.05. The predicted molar refractivity (Wildman–Crippen MR) is 119 cm³/mol. The van der Waals surface area contributed by atoms with Gasteiger partial charge in [0.25, 0.3) is 5.91 Å². The lowest BCUT2D eigenvalue weighted by molar-refractivity contribution is -0.121. The third-order valence-electron chi connectivity index (χ3n) is 4.83. The van der Waals surface area contributed by atoms with E-state index in [2.05, 4.69) is 15.8 Å². The van der Waals surface area contributed by atoms with Gasteiger partial charge < -0.3 is 15.5 Å². The molecule has 0 saturated heterocycles. The Kier molecular flexibility index (Phi) is 5.85. The van der Waals surface area contributed by atoms with Crippen molar-refractivity contribution in [1.29, 1.82) is 0 Å². The van der Waals surface area contributed by atoms with Crippen LogP contribution in [0.1, 0.15) is 26.3 Å². The second kappa shape index (κ2) is 9.05. The van der Waals surface area contributed by atoms with Crippen LogP contribution in [0.4, 0.5) is 0 Å². The number of aromatic nitrogens is 1. The van der Waals surface area contributed by atoms with Crippen LogP contribution in [-0.4, -0.2) is 22.7 Å². The van der Waals surface area contributed by atoms with E-state index in [9.17, 15) is 14.4 Å². The van der Waals surface area contributed by atoms with E-state index in [1.165, 1.54) is 0 Å². The summed E-state index contributed by atoms with van der Waals surface area (Å²) in [5.41, 5.74) is 12.6. The summed E-state index contributed by atoms with van der Waals surface area (Å²) < 4.78 is 5.68. The minimum absolute atomic E-state index is 0.131. The summed E-state index contributed by atoms with van der Waals surface area (Å²) in [5.74, 6) is -0.258. The number of ether oxygens (including phenoxy) is 1. The molecule has 160 valence electrons. The standard InChI is InChI=1S/C24H20N4O4/c25-23(30)15-5-9-18(10-6-15)32-19-11-7-16(8-12-19)24(31)28-27-22(29)13-17-14-26-21-4-2-1-3-20(17)21/h1-12,14,26H,13H2,(H2,25,30)(H,27,29)(H,28,31). The lowest BCUT2D eigenvalue weighted by Crippen LogP contribution is -2.42. The van der Waals surface area contributed by atoms with Gasteiger partial charge in [0.1, 0.15) is 11.5 Å². The van der Waals surface area contributed by atoms with Gasteiger partial charge in [0.15, 0.2) is 0 Å². The first-order valence-electron chi connectivity index (χ1n) is 9.81. The number of carbonyl (C=O) groups excluding carboxylic acids is 3. The quantitative estimate of drug-likeness (QED) is 0.352. The Labute approximate surface area is 183 Å². The highest BCUT2D eigenvalue weighted by Crippen LogP contribution is 2.22. The molecule has 0 spiro atoms. The van der Waals surface area contributed by atoms with E-state index in [0.717, 1.165) is 16.5 Å². The first kappa shape index (κ1) is 20.7. The molecule has 3 aromatic carbocycles. The van der Waals surface area contributed by atoms with Gasteiger partial charge in [-0.15, -0.1) is 0 Å². The van der Waals surface area contributed by atoms with E-state index in [-0.39, 0.29) is 12.3 Å². The van der Waals surface area contributed by atoms with Crippen LogP contribution in [0.5, 0.6) is 11.5 Å². The van der Waals surface area contributed by atoms with E-state index in [4.69, 9.17) is 10.5 Å². The predicted octanol–water partition coefficient (Wildman–Crippen LogP) is 3.06. The highest BCUT2D eigenvalue weighted by Gasteiger charge is 2.11. The molecule has 4 aromatic rings. The minimum atomic E-state index is -0.513. The average molecular weight is 428 g/mol. The number of amides is 3. The molecule has 0 fully saturated rings. The third-order valence-corrected chi connectivity index (χ3v) is 4.83. The lowest BCUT2D eigenvalue weighted by atomic mass is 10.1. The summed E-state index contributed by atoms with van der Waals surface area (Å²) in [6.07, 6.45) is 1.91. The van der Waals surface area contributed by atoms with Crippen LogP contribution in [0.25, 0.3) is 10.9 Å². The van der Waals surface area contributed by atoms with Gasteiger partial charge in [0.2, 0.25) is 11.8 Å². The number of nitrogens with one attached hydrogen (secondary N) is 3. The van der Waals surface area contributed by atoms with Crippen molar-refractivity contribution in [2.45, 2.75) is 6.42 Å². The molecule has 0 aliphatic heterocycles. The Balaban J connectivity index is 1.30. The molecule has 0 unspecified atom stereocenters. The number of H-pyrrole nitrogens is 1. The number of carbonyl (C=O) groups is 3. The molecule has 1 heterocycles. The van der Waals surface area contributed by atoms with Crippen molar-refractivity contribution in [2.75, 3.05) is 0 Å².